The maximum absolute atomic E-state index is 11.6. The van der Waals surface area contributed by atoms with Gasteiger partial charge in [-0.15, -0.1) is 0 Å². The van der Waals surface area contributed by atoms with Gasteiger partial charge in [0, 0.05) is 19.9 Å². The molecule has 1 aromatic rings. The van der Waals surface area contributed by atoms with Gasteiger partial charge in [-0.2, -0.15) is 5.10 Å². The molecule has 2 N–H and O–H groups in total. The Morgan fingerprint density at radius 2 is 2.47 bits per heavy atom. The average Bonchev–Trinajstić information content (AvgIpc) is 2.76. The number of likely N-dealkylation sites (N-methyl/N-ethyl adjacent to an activating group) is 1. The molecule has 0 fully saturated rings. The summed E-state index contributed by atoms with van der Waals surface area (Å²) in [5.41, 5.74) is 0. The minimum Gasteiger partial charge on any atom is -0.394 e. The molecule has 0 saturated heterocycles. The van der Waals surface area contributed by atoms with Gasteiger partial charge in [0.05, 0.1) is 12.6 Å². The number of nitrogens with one attached hydrogen (secondary N) is 1. The molecule has 6 heteroatoms. The van der Waals surface area contributed by atoms with Crippen LogP contribution in [-0.2, 0) is 11.2 Å². The molecule has 1 rings (SSSR count). The number of aromatic nitrogens is 3. The minimum atomic E-state index is -0.146. The third kappa shape index (κ3) is 3.32. The molecule has 15 heavy (non-hydrogen) atoms. The van der Waals surface area contributed by atoms with Crippen LogP contribution in [0.2, 0.25) is 0 Å². The number of aliphatic hydroxyl groups excluding tert-OH is 1. The summed E-state index contributed by atoms with van der Waals surface area (Å²) in [6, 6.07) is -0.146. The summed E-state index contributed by atoms with van der Waals surface area (Å²) < 4.78 is 0. The highest BCUT2D eigenvalue weighted by Gasteiger charge is 2.14. The fourth-order valence-corrected chi connectivity index (χ4v) is 1.12. The lowest BCUT2D eigenvalue weighted by atomic mass is 10.2. The standard InChI is InChI=1S/C9H16N4O2/c1-7(5-14)13(2)9(15)4-3-8-10-6-11-12-8/h6-7,14H,3-5H2,1-2H3,(H,10,11,12). The predicted octanol–water partition coefficient (Wildman–Crippen LogP) is -0.424. The molecule has 0 aliphatic heterocycles. The number of aliphatic hydroxyl groups is 1. The highest BCUT2D eigenvalue weighted by Crippen LogP contribution is 2.01. The van der Waals surface area contributed by atoms with Crippen LogP contribution in [0.3, 0.4) is 0 Å². The van der Waals surface area contributed by atoms with Gasteiger partial charge >= 0.3 is 0 Å². The SMILES string of the molecule is CC(CO)N(C)C(=O)CCc1ncn[nH]1. The molecule has 0 aromatic carbocycles. The fraction of sp³-hybridized carbons (Fsp3) is 0.667. The largest absolute Gasteiger partial charge is 0.394 e. The molecule has 0 spiro atoms. The van der Waals surface area contributed by atoms with E-state index in [1.165, 1.54) is 11.2 Å². The van der Waals surface area contributed by atoms with E-state index >= 15 is 0 Å². The van der Waals surface area contributed by atoms with Crippen LogP contribution in [0, 0.1) is 0 Å². The van der Waals surface area contributed by atoms with E-state index in [1.807, 2.05) is 0 Å². The zero-order valence-corrected chi connectivity index (χ0v) is 8.97. The van der Waals surface area contributed by atoms with Crippen LogP contribution in [0.4, 0.5) is 0 Å². The lowest BCUT2D eigenvalue weighted by molar-refractivity contribution is -0.132. The number of H-pyrrole nitrogens is 1. The Morgan fingerprint density at radius 3 is 3.00 bits per heavy atom. The first-order valence-electron chi connectivity index (χ1n) is 4.86. The van der Waals surface area contributed by atoms with Crippen LogP contribution >= 0.6 is 0 Å². The second-order valence-corrected chi connectivity index (χ2v) is 3.47. The van der Waals surface area contributed by atoms with Crippen LogP contribution in [0.15, 0.2) is 6.33 Å². The Balaban J connectivity index is 2.36. The molecular formula is C9H16N4O2. The number of hydrogen-bond donors (Lipinski definition) is 2. The minimum absolute atomic E-state index is 0.00653. The first kappa shape index (κ1) is 11.6. The number of aryl methyl sites for hydroxylation is 1. The first-order valence-corrected chi connectivity index (χ1v) is 4.86. The predicted molar refractivity (Wildman–Crippen MR) is 54.0 cm³/mol. The number of amides is 1. The first-order chi connectivity index (χ1) is 7.15. The summed E-state index contributed by atoms with van der Waals surface area (Å²) in [5, 5.41) is 15.3. The van der Waals surface area contributed by atoms with E-state index in [0.29, 0.717) is 18.7 Å². The fourth-order valence-electron chi connectivity index (χ4n) is 1.12. The smallest absolute Gasteiger partial charge is 0.223 e. The molecule has 1 amide bonds. The molecule has 0 aliphatic carbocycles. The van der Waals surface area contributed by atoms with Crippen molar-refractivity contribution in [3.05, 3.63) is 12.2 Å². The van der Waals surface area contributed by atoms with Gasteiger partial charge in [0.15, 0.2) is 0 Å². The van der Waals surface area contributed by atoms with Crippen LogP contribution in [0.25, 0.3) is 0 Å². The van der Waals surface area contributed by atoms with Crippen molar-refractivity contribution in [2.45, 2.75) is 25.8 Å². The van der Waals surface area contributed by atoms with Crippen molar-refractivity contribution in [3.63, 3.8) is 0 Å². The van der Waals surface area contributed by atoms with Crippen molar-refractivity contribution in [2.75, 3.05) is 13.7 Å². The highest BCUT2D eigenvalue weighted by atomic mass is 16.3. The summed E-state index contributed by atoms with van der Waals surface area (Å²) in [5.74, 6) is 0.696. The van der Waals surface area contributed by atoms with Crippen molar-refractivity contribution in [3.8, 4) is 0 Å². The number of aromatic amines is 1. The van der Waals surface area contributed by atoms with E-state index in [0.717, 1.165) is 0 Å². The molecule has 6 nitrogen and oxygen atoms in total. The number of rotatable bonds is 5. The number of carbonyl (C=O) groups is 1. The Labute approximate surface area is 88.3 Å². The number of hydrogen-bond acceptors (Lipinski definition) is 4. The average molecular weight is 212 g/mol. The molecule has 84 valence electrons. The van der Waals surface area contributed by atoms with Crippen LogP contribution < -0.4 is 0 Å². The molecule has 1 heterocycles. The van der Waals surface area contributed by atoms with Gasteiger partial charge in [0.1, 0.15) is 12.2 Å². The van der Waals surface area contributed by atoms with Crippen molar-refractivity contribution in [1.82, 2.24) is 20.1 Å². The topological polar surface area (TPSA) is 82.1 Å². The second kappa shape index (κ2) is 5.45. The molecule has 1 aromatic heterocycles. The van der Waals surface area contributed by atoms with Crippen molar-refractivity contribution < 1.29 is 9.90 Å². The van der Waals surface area contributed by atoms with Gasteiger partial charge in [-0.05, 0) is 6.92 Å². The van der Waals surface area contributed by atoms with E-state index in [9.17, 15) is 4.79 Å². The Morgan fingerprint density at radius 1 is 1.73 bits per heavy atom. The Hall–Kier alpha value is -1.43. The van der Waals surface area contributed by atoms with Gasteiger partial charge in [-0.3, -0.25) is 9.89 Å². The van der Waals surface area contributed by atoms with E-state index in [2.05, 4.69) is 15.2 Å². The highest BCUT2D eigenvalue weighted by molar-refractivity contribution is 5.76. The molecule has 0 radical (unpaired) electrons. The monoisotopic (exact) mass is 212 g/mol. The molecular weight excluding hydrogens is 196 g/mol. The van der Waals surface area contributed by atoms with Gasteiger partial charge < -0.3 is 10.0 Å². The van der Waals surface area contributed by atoms with E-state index < -0.39 is 0 Å². The zero-order chi connectivity index (χ0) is 11.3. The molecule has 1 atom stereocenters. The molecule has 1 unspecified atom stereocenters. The van der Waals surface area contributed by atoms with Gasteiger partial charge in [-0.1, -0.05) is 0 Å². The third-order valence-electron chi connectivity index (χ3n) is 2.36. The maximum atomic E-state index is 11.6. The summed E-state index contributed by atoms with van der Waals surface area (Å²) in [4.78, 5) is 17.1. The van der Waals surface area contributed by atoms with Crippen molar-refractivity contribution >= 4 is 5.91 Å². The quantitative estimate of drug-likeness (QED) is 0.694. The maximum Gasteiger partial charge on any atom is 0.223 e. The lowest BCUT2D eigenvalue weighted by Gasteiger charge is -2.22. The van der Waals surface area contributed by atoms with Crippen LogP contribution in [-0.4, -0.2) is 50.8 Å². The van der Waals surface area contributed by atoms with Crippen molar-refractivity contribution in [1.29, 1.82) is 0 Å². The van der Waals surface area contributed by atoms with E-state index in [1.54, 1.807) is 14.0 Å². The van der Waals surface area contributed by atoms with Crippen LogP contribution in [0.5, 0.6) is 0 Å². The molecule has 0 aliphatic rings. The van der Waals surface area contributed by atoms with Gasteiger partial charge in [0.2, 0.25) is 5.91 Å². The lowest BCUT2D eigenvalue weighted by Crippen LogP contribution is -2.37. The second-order valence-electron chi connectivity index (χ2n) is 3.47. The van der Waals surface area contributed by atoms with Gasteiger partial charge in [0.25, 0.3) is 0 Å². The zero-order valence-electron chi connectivity index (χ0n) is 8.97. The third-order valence-corrected chi connectivity index (χ3v) is 2.36. The molecule has 0 saturated carbocycles. The summed E-state index contributed by atoms with van der Waals surface area (Å²) in [6.07, 6.45) is 2.33. The Kier molecular flexibility index (Phi) is 4.23. The number of nitrogens with zero attached hydrogens (tertiary/aromatic N) is 3. The van der Waals surface area contributed by atoms with E-state index in [-0.39, 0.29) is 18.6 Å². The summed E-state index contributed by atoms with van der Waals surface area (Å²) in [6.45, 7) is 1.77. The number of carbonyl (C=O) groups excluding carboxylic acids is 1. The Bertz CT molecular complexity index is 299. The van der Waals surface area contributed by atoms with E-state index in [4.69, 9.17) is 5.11 Å². The molecule has 0 bridgehead atoms. The summed E-state index contributed by atoms with van der Waals surface area (Å²) in [7, 11) is 1.68. The van der Waals surface area contributed by atoms with Crippen molar-refractivity contribution in [2.24, 2.45) is 0 Å². The normalized spacial score (nSPS) is 12.5. The summed E-state index contributed by atoms with van der Waals surface area (Å²) >= 11 is 0. The van der Waals surface area contributed by atoms with Crippen LogP contribution in [0.1, 0.15) is 19.2 Å². The van der Waals surface area contributed by atoms with Gasteiger partial charge in [-0.25, -0.2) is 4.98 Å².